The molecule has 2 aromatic carbocycles. The second kappa shape index (κ2) is 9.93. The molecule has 36 heavy (non-hydrogen) atoms. The van der Waals surface area contributed by atoms with Crippen molar-refractivity contribution in [2.24, 2.45) is 0 Å². The largest absolute Gasteiger partial charge is 0.497 e. The van der Waals surface area contributed by atoms with Gasteiger partial charge in [0.25, 0.3) is 5.56 Å². The number of aryl methyl sites for hydroxylation is 2. The lowest BCUT2D eigenvalue weighted by atomic mass is 9.95. The molecule has 2 aromatic heterocycles. The highest BCUT2D eigenvalue weighted by Crippen LogP contribution is 2.27. The number of aromatic nitrogens is 4. The highest BCUT2D eigenvalue weighted by molar-refractivity contribution is 5.65. The highest BCUT2D eigenvalue weighted by atomic mass is 16.5. The summed E-state index contributed by atoms with van der Waals surface area (Å²) in [7, 11) is 1.62. The molecule has 0 saturated heterocycles. The summed E-state index contributed by atoms with van der Waals surface area (Å²) in [5.41, 5.74) is 4.50. The van der Waals surface area contributed by atoms with Gasteiger partial charge in [-0.2, -0.15) is 4.98 Å². The van der Waals surface area contributed by atoms with Gasteiger partial charge in [0.1, 0.15) is 24.0 Å². The van der Waals surface area contributed by atoms with E-state index in [4.69, 9.17) is 14.5 Å². The first-order valence-corrected chi connectivity index (χ1v) is 11.9. The van der Waals surface area contributed by atoms with Crippen molar-refractivity contribution < 1.29 is 9.47 Å². The molecule has 0 aliphatic heterocycles. The van der Waals surface area contributed by atoms with Crippen molar-refractivity contribution in [1.29, 1.82) is 0 Å². The fraction of sp³-hybridized carbons (Fsp3) is 0.310. The van der Waals surface area contributed by atoms with Gasteiger partial charge in [0, 0.05) is 17.2 Å². The molecular formula is C29H32N4O3. The molecule has 4 rings (SSSR count). The molecule has 0 saturated carbocycles. The molecule has 0 bridgehead atoms. The Kier molecular flexibility index (Phi) is 6.93. The zero-order chi connectivity index (χ0) is 26.0. The Labute approximate surface area is 211 Å². The molecule has 0 radical (unpaired) electrons. The Morgan fingerprint density at radius 3 is 2.44 bits per heavy atom. The van der Waals surface area contributed by atoms with Crippen LogP contribution in [0.4, 0.5) is 0 Å². The summed E-state index contributed by atoms with van der Waals surface area (Å²) < 4.78 is 12.8. The molecule has 7 nitrogen and oxygen atoms in total. The standard InChI is InChI=1S/C29H32N4O3/c1-18-16-30-28(29(4,5)6)32-25(18)22-11-9-12-23(15-22)33-20(3)31-26(19(2)27(33)34)36-17-21-10-8-13-24(14-21)35-7/h8-16H,17H2,1-7H3. The predicted molar refractivity (Wildman–Crippen MR) is 141 cm³/mol. The lowest BCUT2D eigenvalue weighted by Crippen LogP contribution is -2.25. The average molecular weight is 485 g/mol. The maximum Gasteiger partial charge on any atom is 0.264 e. The molecule has 0 amide bonds. The number of hydrogen-bond acceptors (Lipinski definition) is 6. The third kappa shape index (κ3) is 5.15. The van der Waals surface area contributed by atoms with Crippen LogP contribution >= 0.6 is 0 Å². The minimum absolute atomic E-state index is 0.171. The zero-order valence-electron chi connectivity index (χ0n) is 21.9. The predicted octanol–water partition coefficient (Wildman–Crippen LogP) is 5.50. The van der Waals surface area contributed by atoms with Crippen molar-refractivity contribution in [3.63, 3.8) is 0 Å². The molecular weight excluding hydrogens is 452 g/mol. The average Bonchev–Trinajstić information content (AvgIpc) is 2.85. The van der Waals surface area contributed by atoms with Gasteiger partial charge in [-0.15, -0.1) is 0 Å². The molecule has 7 heteroatoms. The van der Waals surface area contributed by atoms with Crippen LogP contribution in [0.3, 0.4) is 0 Å². The quantitative estimate of drug-likeness (QED) is 0.360. The summed E-state index contributed by atoms with van der Waals surface area (Å²) >= 11 is 0. The molecule has 4 aromatic rings. The van der Waals surface area contributed by atoms with E-state index in [1.54, 1.807) is 25.5 Å². The minimum Gasteiger partial charge on any atom is -0.497 e. The summed E-state index contributed by atoms with van der Waals surface area (Å²) in [6.45, 7) is 12.1. The van der Waals surface area contributed by atoms with Crippen LogP contribution in [0.25, 0.3) is 16.9 Å². The second-order valence-corrected chi connectivity index (χ2v) is 9.90. The summed E-state index contributed by atoms with van der Waals surface area (Å²) in [5, 5.41) is 0. The molecule has 0 unspecified atom stereocenters. The molecule has 0 aliphatic carbocycles. The van der Waals surface area contributed by atoms with E-state index < -0.39 is 0 Å². The van der Waals surface area contributed by atoms with Gasteiger partial charge in [-0.1, -0.05) is 45.0 Å². The number of benzene rings is 2. The number of ether oxygens (including phenoxy) is 2. The summed E-state index contributed by atoms with van der Waals surface area (Å²) in [5.74, 6) is 2.39. The van der Waals surface area contributed by atoms with Gasteiger partial charge >= 0.3 is 0 Å². The Morgan fingerprint density at radius 2 is 1.72 bits per heavy atom. The number of nitrogens with zero attached hydrogens (tertiary/aromatic N) is 4. The van der Waals surface area contributed by atoms with Crippen molar-refractivity contribution in [2.75, 3.05) is 7.11 Å². The van der Waals surface area contributed by atoms with Crippen LogP contribution in [0.15, 0.2) is 59.5 Å². The smallest absolute Gasteiger partial charge is 0.264 e. The first-order valence-electron chi connectivity index (χ1n) is 11.9. The summed E-state index contributed by atoms with van der Waals surface area (Å²) in [6.07, 6.45) is 1.85. The third-order valence-electron chi connectivity index (χ3n) is 5.96. The van der Waals surface area contributed by atoms with Gasteiger partial charge in [-0.3, -0.25) is 9.36 Å². The summed E-state index contributed by atoms with van der Waals surface area (Å²) in [6, 6.07) is 15.4. The van der Waals surface area contributed by atoms with Crippen LogP contribution in [0.1, 0.15) is 49.1 Å². The zero-order valence-corrected chi connectivity index (χ0v) is 21.9. The molecule has 0 aliphatic rings. The Morgan fingerprint density at radius 1 is 0.972 bits per heavy atom. The Bertz CT molecular complexity index is 1470. The fourth-order valence-corrected chi connectivity index (χ4v) is 3.93. The van der Waals surface area contributed by atoms with E-state index in [2.05, 4.69) is 30.7 Å². The maximum atomic E-state index is 13.4. The fourth-order valence-electron chi connectivity index (χ4n) is 3.93. The Balaban J connectivity index is 1.69. The first kappa shape index (κ1) is 25.1. The van der Waals surface area contributed by atoms with Gasteiger partial charge in [0.15, 0.2) is 0 Å². The van der Waals surface area contributed by atoms with Crippen LogP contribution in [0.2, 0.25) is 0 Å². The van der Waals surface area contributed by atoms with Crippen LogP contribution in [0, 0.1) is 20.8 Å². The van der Waals surface area contributed by atoms with E-state index in [1.807, 2.05) is 61.7 Å². The molecule has 0 fully saturated rings. The maximum absolute atomic E-state index is 13.4. The Hall–Kier alpha value is -4.00. The lowest BCUT2D eigenvalue weighted by Gasteiger charge is -2.18. The SMILES string of the molecule is COc1cccc(COc2nc(C)n(-c3cccc(-c4nc(C(C)(C)C)ncc4C)c3)c(=O)c2C)c1. The van der Waals surface area contributed by atoms with E-state index in [0.29, 0.717) is 17.3 Å². The van der Waals surface area contributed by atoms with E-state index in [-0.39, 0.29) is 17.6 Å². The van der Waals surface area contributed by atoms with Crippen LogP contribution in [-0.4, -0.2) is 26.6 Å². The number of hydrogen-bond donors (Lipinski definition) is 0. The van der Waals surface area contributed by atoms with Crippen LogP contribution in [-0.2, 0) is 12.0 Å². The van der Waals surface area contributed by atoms with Crippen molar-refractivity contribution in [3.8, 4) is 28.6 Å². The monoisotopic (exact) mass is 484 g/mol. The van der Waals surface area contributed by atoms with Gasteiger partial charge in [-0.05, 0) is 56.2 Å². The van der Waals surface area contributed by atoms with Gasteiger partial charge in [0.05, 0.1) is 24.1 Å². The second-order valence-electron chi connectivity index (χ2n) is 9.90. The number of methoxy groups -OCH3 is 1. The first-order chi connectivity index (χ1) is 17.1. The van der Waals surface area contributed by atoms with E-state index in [0.717, 1.165) is 39.6 Å². The van der Waals surface area contributed by atoms with Crippen LogP contribution < -0.4 is 15.0 Å². The molecule has 186 valence electrons. The van der Waals surface area contributed by atoms with Crippen molar-refractivity contribution in [3.05, 3.63) is 93.4 Å². The van der Waals surface area contributed by atoms with E-state index >= 15 is 0 Å². The van der Waals surface area contributed by atoms with E-state index in [9.17, 15) is 4.79 Å². The summed E-state index contributed by atoms with van der Waals surface area (Å²) in [4.78, 5) is 27.4. The normalized spacial score (nSPS) is 11.4. The van der Waals surface area contributed by atoms with Crippen LogP contribution in [0.5, 0.6) is 11.6 Å². The van der Waals surface area contributed by atoms with E-state index in [1.165, 1.54) is 0 Å². The highest BCUT2D eigenvalue weighted by Gasteiger charge is 2.20. The van der Waals surface area contributed by atoms with Gasteiger partial charge < -0.3 is 9.47 Å². The molecule has 2 heterocycles. The third-order valence-corrected chi connectivity index (χ3v) is 5.96. The van der Waals surface area contributed by atoms with Crippen molar-refractivity contribution in [2.45, 2.75) is 53.6 Å². The minimum atomic E-state index is -0.171. The van der Waals surface area contributed by atoms with Gasteiger partial charge in [-0.25, -0.2) is 9.97 Å². The molecule has 0 spiro atoms. The topological polar surface area (TPSA) is 79.1 Å². The molecule has 0 atom stereocenters. The van der Waals surface area contributed by atoms with Crippen molar-refractivity contribution >= 4 is 0 Å². The van der Waals surface area contributed by atoms with Crippen molar-refractivity contribution in [1.82, 2.24) is 19.5 Å². The lowest BCUT2D eigenvalue weighted by molar-refractivity contribution is 0.288. The van der Waals surface area contributed by atoms with Gasteiger partial charge in [0.2, 0.25) is 5.88 Å². The molecule has 0 N–H and O–H groups in total. The number of rotatable bonds is 6.